The molecule has 264 valence electrons. The van der Waals surface area contributed by atoms with E-state index in [9.17, 15) is 4.89 Å². The average molecular weight is 737 g/mol. The summed E-state index contributed by atoms with van der Waals surface area (Å²) >= 11 is 0. The highest BCUT2D eigenvalue weighted by molar-refractivity contribution is 7.30. The molecule has 11 rings (SSSR count). The van der Waals surface area contributed by atoms with Crippen LogP contribution in [0.15, 0.2) is 203 Å². The molecule has 11 aromatic rings. The Kier molecular flexibility index (Phi) is 7.63. The molecule has 1 N–H and O–H groups in total. The Balaban J connectivity index is 1.37. The van der Waals surface area contributed by atoms with Gasteiger partial charge in [0, 0.05) is 33.0 Å². The molecular formula is C52H33O3P. The van der Waals surface area contributed by atoms with Crippen molar-refractivity contribution in [3.8, 4) is 44.5 Å². The van der Waals surface area contributed by atoms with Gasteiger partial charge in [-0.2, -0.15) is 0 Å². The summed E-state index contributed by atoms with van der Waals surface area (Å²) in [7, 11) is -2.43. The average Bonchev–Trinajstić information content (AvgIpc) is 3.39. The summed E-state index contributed by atoms with van der Waals surface area (Å²) in [4.78, 5) is 12.1. The van der Waals surface area contributed by atoms with E-state index in [1.165, 1.54) is 0 Å². The summed E-state index contributed by atoms with van der Waals surface area (Å²) in [5.41, 5.74) is 9.54. The molecule has 0 amide bonds. The van der Waals surface area contributed by atoms with Crippen LogP contribution in [0.3, 0.4) is 0 Å². The van der Waals surface area contributed by atoms with Gasteiger partial charge in [-0.15, -0.1) is 0 Å². The van der Waals surface area contributed by atoms with Crippen molar-refractivity contribution in [2.75, 3.05) is 0 Å². The highest BCUT2D eigenvalue weighted by Gasteiger charge is 2.24. The lowest BCUT2D eigenvalue weighted by Crippen LogP contribution is -1.92. The van der Waals surface area contributed by atoms with Crippen molar-refractivity contribution >= 4 is 73.3 Å². The molecule has 0 saturated carbocycles. The number of hydrogen-bond donors (Lipinski definition) is 1. The van der Waals surface area contributed by atoms with Gasteiger partial charge in [0.15, 0.2) is 11.2 Å². The van der Waals surface area contributed by atoms with Gasteiger partial charge in [-0.25, -0.2) is 0 Å². The fourth-order valence-corrected chi connectivity index (χ4v) is 9.45. The maximum atomic E-state index is 12.1. The van der Waals surface area contributed by atoms with Gasteiger partial charge in [0.2, 0.25) is 0 Å². The smallest absolute Gasteiger partial charge is 0.384 e. The highest BCUT2D eigenvalue weighted by Crippen LogP contribution is 2.51. The van der Waals surface area contributed by atoms with Crippen molar-refractivity contribution < 1.29 is 13.3 Å². The van der Waals surface area contributed by atoms with Gasteiger partial charge < -0.3 is 8.39 Å². The molecule has 1 aromatic heterocycles. The van der Waals surface area contributed by atoms with Crippen LogP contribution in [0.5, 0.6) is 0 Å². The Hall–Kier alpha value is -6.90. The van der Waals surface area contributed by atoms with Crippen LogP contribution in [0.1, 0.15) is 0 Å². The maximum absolute atomic E-state index is 12.1. The van der Waals surface area contributed by atoms with Crippen molar-refractivity contribution in [3.05, 3.63) is 194 Å². The van der Waals surface area contributed by atoms with E-state index < -0.39 is 8.24 Å². The van der Waals surface area contributed by atoms with Gasteiger partial charge in [-0.1, -0.05) is 182 Å². The largest absolute Gasteiger partial charge is 0.398 e. The number of fused-ring (bicyclic) bond motifs is 7. The van der Waals surface area contributed by atoms with Gasteiger partial charge in [-0.3, -0.25) is 4.89 Å². The predicted octanol–water partition coefficient (Wildman–Crippen LogP) is 15.3. The first-order chi connectivity index (χ1) is 27.7. The molecule has 1 heterocycles. The Bertz CT molecular complexity index is 3140. The summed E-state index contributed by atoms with van der Waals surface area (Å²) in [6.07, 6.45) is 0. The fourth-order valence-electron chi connectivity index (χ4n) is 8.72. The van der Waals surface area contributed by atoms with Gasteiger partial charge >= 0.3 is 8.24 Å². The number of rotatable bonds is 4. The monoisotopic (exact) mass is 736 g/mol. The van der Waals surface area contributed by atoms with Crippen LogP contribution in [-0.4, -0.2) is 4.89 Å². The second-order valence-electron chi connectivity index (χ2n) is 14.3. The standard InChI is InChI=1S/C52H33O3P/c53-56-54-51-45(31-37-21-9-13-25-41(37)49(51)47-39-23-11-7-19-35(39)27-29-43(47)33-15-3-1-4-16-33)46-32-38-22-10-14-26-42(38)50(52(46)55-56)48-40-24-12-8-20-36(40)28-30-44(48)34-17-5-2-6-18-34/h1-32,53H. The Morgan fingerprint density at radius 3 is 1.05 bits per heavy atom. The molecule has 0 aliphatic heterocycles. The first-order valence-electron chi connectivity index (χ1n) is 18.8. The first kappa shape index (κ1) is 32.5. The van der Waals surface area contributed by atoms with E-state index in [0.717, 1.165) is 98.4 Å². The van der Waals surface area contributed by atoms with Crippen molar-refractivity contribution in [1.29, 1.82) is 0 Å². The molecule has 0 spiro atoms. The quantitative estimate of drug-likeness (QED) is 0.196. The molecule has 0 bridgehead atoms. The van der Waals surface area contributed by atoms with Crippen LogP contribution < -0.4 is 0 Å². The van der Waals surface area contributed by atoms with E-state index in [2.05, 4.69) is 182 Å². The molecule has 4 heteroatoms. The third-order valence-electron chi connectivity index (χ3n) is 11.2. The zero-order valence-electron chi connectivity index (χ0n) is 30.2. The van der Waals surface area contributed by atoms with Crippen molar-refractivity contribution in [3.63, 3.8) is 0 Å². The van der Waals surface area contributed by atoms with Crippen LogP contribution in [-0.2, 0) is 0 Å². The maximum Gasteiger partial charge on any atom is 0.384 e. The van der Waals surface area contributed by atoms with Crippen LogP contribution in [0, 0.1) is 0 Å². The summed E-state index contributed by atoms with van der Waals surface area (Å²) in [6, 6.07) is 68.2. The van der Waals surface area contributed by atoms with E-state index in [4.69, 9.17) is 8.39 Å². The molecule has 0 unspecified atom stereocenters. The SMILES string of the molecule is Op1oc2c(-c3c(-c4ccccc4)ccc4ccccc34)c3ccccc3cc2c2cc3ccccc3c(-c3c(-c4ccccc4)ccc4ccccc34)c2o1. The van der Waals surface area contributed by atoms with Gasteiger partial charge in [0.05, 0.1) is 0 Å². The summed E-state index contributed by atoms with van der Waals surface area (Å²) < 4.78 is 13.6. The Morgan fingerprint density at radius 1 is 0.304 bits per heavy atom. The van der Waals surface area contributed by atoms with E-state index in [1.807, 2.05) is 12.1 Å². The minimum Gasteiger partial charge on any atom is -0.398 e. The predicted molar refractivity (Wildman–Crippen MR) is 236 cm³/mol. The highest BCUT2D eigenvalue weighted by atomic mass is 31.1. The Labute approximate surface area is 324 Å². The van der Waals surface area contributed by atoms with E-state index in [0.29, 0.717) is 11.2 Å². The summed E-state index contributed by atoms with van der Waals surface area (Å²) in [5.74, 6) is 0. The fraction of sp³-hybridized carbons (Fsp3) is 0. The summed E-state index contributed by atoms with van der Waals surface area (Å²) in [5, 5.41) is 10.4. The van der Waals surface area contributed by atoms with E-state index in [-0.39, 0.29) is 0 Å². The molecule has 0 aliphatic rings. The zero-order valence-corrected chi connectivity index (χ0v) is 31.1. The van der Waals surface area contributed by atoms with Gasteiger partial charge in [-0.05, 0) is 77.5 Å². The molecule has 0 fully saturated rings. The molecule has 0 radical (unpaired) electrons. The minimum atomic E-state index is -2.43. The second-order valence-corrected chi connectivity index (χ2v) is 15.1. The van der Waals surface area contributed by atoms with Gasteiger partial charge in [0.1, 0.15) is 0 Å². The Morgan fingerprint density at radius 2 is 0.643 bits per heavy atom. The molecule has 0 saturated heterocycles. The van der Waals surface area contributed by atoms with Crippen LogP contribution in [0.25, 0.3) is 110 Å². The minimum absolute atomic E-state index is 0.604. The lowest BCUT2D eigenvalue weighted by Gasteiger charge is -2.18. The normalized spacial score (nSPS) is 11.7. The molecule has 3 nitrogen and oxygen atoms in total. The molecule has 0 aliphatic carbocycles. The lowest BCUT2D eigenvalue weighted by molar-refractivity contribution is 0.496. The third-order valence-corrected chi connectivity index (χ3v) is 11.8. The van der Waals surface area contributed by atoms with Crippen LogP contribution in [0.2, 0.25) is 0 Å². The van der Waals surface area contributed by atoms with E-state index in [1.54, 1.807) is 0 Å². The molecular weight excluding hydrogens is 704 g/mol. The van der Waals surface area contributed by atoms with Crippen LogP contribution >= 0.6 is 8.24 Å². The van der Waals surface area contributed by atoms with Crippen molar-refractivity contribution in [1.82, 2.24) is 0 Å². The van der Waals surface area contributed by atoms with Crippen LogP contribution in [0.4, 0.5) is 0 Å². The number of benzene rings is 10. The van der Waals surface area contributed by atoms with E-state index >= 15 is 0 Å². The second kappa shape index (κ2) is 13.1. The first-order valence-corrected chi connectivity index (χ1v) is 20.0. The topological polar surface area (TPSA) is 46.5 Å². The lowest BCUT2D eigenvalue weighted by atomic mass is 9.85. The van der Waals surface area contributed by atoms with Crippen molar-refractivity contribution in [2.24, 2.45) is 0 Å². The van der Waals surface area contributed by atoms with Crippen molar-refractivity contribution in [2.45, 2.75) is 0 Å². The van der Waals surface area contributed by atoms with Gasteiger partial charge in [0.25, 0.3) is 0 Å². The zero-order chi connectivity index (χ0) is 37.2. The summed E-state index contributed by atoms with van der Waals surface area (Å²) in [6.45, 7) is 0. The third kappa shape index (κ3) is 5.17. The molecule has 56 heavy (non-hydrogen) atoms. The molecule has 0 atom stereocenters. The number of hydrogen-bond acceptors (Lipinski definition) is 3. The molecule has 10 aromatic carbocycles.